The molecule has 9 heteroatoms. The van der Waals surface area contributed by atoms with Gasteiger partial charge in [-0.3, -0.25) is 9.89 Å². The van der Waals surface area contributed by atoms with Gasteiger partial charge in [0.2, 0.25) is 11.9 Å². The molecule has 0 aliphatic carbocycles. The van der Waals surface area contributed by atoms with Gasteiger partial charge in [-0.05, 0) is 37.5 Å². The van der Waals surface area contributed by atoms with Gasteiger partial charge in [-0.15, -0.1) is 0 Å². The quantitative estimate of drug-likeness (QED) is 0.738. The summed E-state index contributed by atoms with van der Waals surface area (Å²) in [5, 5.41) is 4.33. The first-order chi connectivity index (χ1) is 15.2. The summed E-state index contributed by atoms with van der Waals surface area (Å²) in [6, 6.07) is 6.34. The van der Waals surface area contributed by atoms with Gasteiger partial charge in [-0.25, -0.2) is 0 Å². The van der Waals surface area contributed by atoms with E-state index in [9.17, 15) is 0 Å². The van der Waals surface area contributed by atoms with Gasteiger partial charge >= 0.3 is 0 Å². The molecule has 166 valence electrons. The van der Waals surface area contributed by atoms with E-state index in [-0.39, 0.29) is 0 Å². The van der Waals surface area contributed by atoms with Crippen LogP contribution in [0, 0.1) is 0 Å². The highest BCUT2D eigenvalue weighted by molar-refractivity contribution is 6.32. The lowest BCUT2D eigenvalue weighted by molar-refractivity contribution is 0.0902. The first kappa shape index (κ1) is 20.5. The Morgan fingerprint density at radius 1 is 1.29 bits per heavy atom. The molecule has 1 aromatic carbocycles. The Labute approximate surface area is 187 Å². The molecule has 8 nitrogen and oxygen atoms in total. The Balaban J connectivity index is 1.53. The van der Waals surface area contributed by atoms with E-state index in [4.69, 9.17) is 31.1 Å². The molecule has 1 fully saturated rings. The number of fused-ring (bicyclic) bond motifs is 3. The number of nitrogens with zero attached hydrogens (tertiary/aromatic N) is 5. The van der Waals surface area contributed by atoms with Crippen LogP contribution in [0.5, 0.6) is 5.75 Å². The predicted octanol–water partition coefficient (Wildman–Crippen LogP) is 3.20. The number of guanidine groups is 1. The molecule has 0 spiro atoms. The number of rotatable bonds is 6. The van der Waals surface area contributed by atoms with E-state index >= 15 is 0 Å². The number of methoxy groups -OCH3 is 1. The normalized spacial score (nSPS) is 18.6. The van der Waals surface area contributed by atoms with Crippen molar-refractivity contribution in [3.8, 4) is 5.75 Å². The highest BCUT2D eigenvalue weighted by Crippen LogP contribution is 2.34. The number of imidazole rings is 1. The molecule has 3 aliphatic heterocycles. The topological polar surface area (TPSA) is 67.2 Å². The number of halogens is 1. The molecule has 31 heavy (non-hydrogen) atoms. The maximum atomic E-state index is 6.42. The number of anilines is 2. The molecule has 4 heterocycles. The first-order valence-electron chi connectivity index (χ1n) is 11.0. The summed E-state index contributed by atoms with van der Waals surface area (Å²) in [7, 11) is 1.64. The summed E-state index contributed by atoms with van der Waals surface area (Å²) in [5.74, 6) is 3.67. The molecule has 2 aromatic rings. The molecule has 3 aliphatic rings. The van der Waals surface area contributed by atoms with Crippen LogP contribution in [0.15, 0.2) is 23.2 Å². The fourth-order valence-electron chi connectivity index (χ4n) is 4.55. The van der Waals surface area contributed by atoms with Crippen LogP contribution in [0.3, 0.4) is 0 Å². The molecule has 0 radical (unpaired) electrons. The molecule has 0 bridgehead atoms. The van der Waals surface area contributed by atoms with Gasteiger partial charge in [0, 0.05) is 32.3 Å². The highest BCUT2D eigenvalue weighted by Gasteiger charge is 2.35. The minimum Gasteiger partial charge on any atom is -0.495 e. The SMILES string of the molecule is CCN1Cc2c(nc(NC3CCOCC3)n2Cc2ccc(OC)c(Cl)c2)N2CCN=C12. The second kappa shape index (κ2) is 8.59. The van der Waals surface area contributed by atoms with Crippen molar-refractivity contribution >= 4 is 29.3 Å². The summed E-state index contributed by atoms with van der Waals surface area (Å²) in [6.07, 6.45) is 1.98. The molecular formula is C22H29ClN6O2. The third-order valence-corrected chi connectivity index (χ3v) is 6.54. The summed E-state index contributed by atoms with van der Waals surface area (Å²) in [5.41, 5.74) is 2.33. The summed E-state index contributed by atoms with van der Waals surface area (Å²) >= 11 is 6.42. The van der Waals surface area contributed by atoms with E-state index < -0.39 is 0 Å². The van der Waals surface area contributed by atoms with Crippen LogP contribution in [-0.2, 0) is 17.8 Å². The van der Waals surface area contributed by atoms with Crippen LogP contribution in [0.25, 0.3) is 0 Å². The Morgan fingerprint density at radius 3 is 2.87 bits per heavy atom. The maximum Gasteiger partial charge on any atom is 0.205 e. The van der Waals surface area contributed by atoms with Crippen molar-refractivity contribution in [1.29, 1.82) is 0 Å². The van der Waals surface area contributed by atoms with Gasteiger partial charge in [0.15, 0.2) is 5.82 Å². The van der Waals surface area contributed by atoms with Crippen molar-refractivity contribution < 1.29 is 9.47 Å². The molecule has 0 amide bonds. The van der Waals surface area contributed by atoms with Crippen LogP contribution in [0.2, 0.25) is 5.02 Å². The molecule has 0 unspecified atom stereocenters. The van der Waals surface area contributed by atoms with E-state index in [0.29, 0.717) is 23.4 Å². The zero-order valence-corrected chi connectivity index (χ0v) is 18.9. The molecular weight excluding hydrogens is 416 g/mol. The van der Waals surface area contributed by atoms with Crippen molar-refractivity contribution in [1.82, 2.24) is 14.5 Å². The molecule has 1 aromatic heterocycles. The number of nitrogens with one attached hydrogen (secondary N) is 1. The van der Waals surface area contributed by atoms with E-state index in [1.165, 1.54) is 5.69 Å². The minimum atomic E-state index is 0.366. The van der Waals surface area contributed by atoms with Gasteiger partial charge in [-0.1, -0.05) is 17.7 Å². The summed E-state index contributed by atoms with van der Waals surface area (Å²) < 4.78 is 13.2. The van der Waals surface area contributed by atoms with E-state index in [0.717, 1.165) is 75.5 Å². The Morgan fingerprint density at radius 2 is 2.13 bits per heavy atom. The Bertz CT molecular complexity index is 985. The van der Waals surface area contributed by atoms with Crippen LogP contribution < -0.4 is 15.0 Å². The highest BCUT2D eigenvalue weighted by atomic mass is 35.5. The third-order valence-electron chi connectivity index (χ3n) is 6.24. The molecule has 1 saturated heterocycles. The van der Waals surface area contributed by atoms with Gasteiger partial charge < -0.3 is 24.3 Å². The average Bonchev–Trinajstić information content (AvgIpc) is 3.40. The second-order valence-corrected chi connectivity index (χ2v) is 8.55. The Hall–Kier alpha value is -2.45. The van der Waals surface area contributed by atoms with E-state index in [2.05, 4.69) is 32.7 Å². The van der Waals surface area contributed by atoms with Gasteiger partial charge in [0.25, 0.3) is 0 Å². The standard InChI is InChI=1S/C22H29ClN6O2/c1-3-27-14-18-20(28-9-8-24-22(27)28)26-21(25-16-6-10-31-11-7-16)29(18)13-15-4-5-19(30-2)17(23)12-15/h4-5,12,16H,3,6-11,13-14H2,1-2H3,(H,25,26). The lowest BCUT2D eigenvalue weighted by Crippen LogP contribution is -2.46. The average molecular weight is 445 g/mol. The fraction of sp³-hybridized carbons (Fsp3) is 0.545. The second-order valence-electron chi connectivity index (χ2n) is 8.14. The molecule has 0 saturated carbocycles. The van der Waals surface area contributed by atoms with Crippen molar-refractivity contribution in [2.24, 2.45) is 4.99 Å². The molecule has 1 N–H and O–H groups in total. The third kappa shape index (κ3) is 3.83. The smallest absolute Gasteiger partial charge is 0.205 e. The van der Waals surface area contributed by atoms with Crippen LogP contribution in [0.4, 0.5) is 11.8 Å². The van der Waals surface area contributed by atoms with Crippen LogP contribution >= 0.6 is 11.6 Å². The number of hydrogen-bond donors (Lipinski definition) is 1. The number of ether oxygens (including phenoxy) is 2. The van der Waals surface area contributed by atoms with Crippen molar-refractivity contribution in [2.45, 2.75) is 38.9 Å². The zero-order chi connectivity index (χ0) is 21.4. The number of hydrogen-bond acceptors (Lipinski definition) is 7. The lowest BCUT2D eigenvalue weighted by Gasteiger charge is -2.34. The number of aromatic nitrogens is 2. The van der Waals surface area contributed by atoms with Crippen LogP contribution in [0.1, 0.15) is 31.0 Å². The largest absolute Gasteiger partial charge is 0.495 e. The van der Waals surface area contributed by atoms with Gasteiger partial charge in [-0.2, -0.15) is 4.98 Å². The van der Waals surface area contributed by atoms with Crippen molar-refractivity contribution in [3.05, 3.63) is 34.5 Å². The van der Waals surface area contributed by atoms with E-state index in [1.54, 1.807) is 7.11 Å². The number of aliphatic imine (C=N–C) groups is 1. The van der Waals surface area contributed by atoms with Crippen molar-refractivity contribution in [3.63, 3.8) is 0 Å². The maximum absolute atomic E-state index is 6.42. The monoisotopic (exact) mass is 444 g/mol. The molecule has 5 rings (SSSR count). The lowest BCUT2D eigenvalue weighted by atomic mass is 10.1. The zero-order valence-electron chi connectivity index (χ0n) is 18.1. The van der Waals surface area contributed by atoms with E-state index in [1.807, 2.05) is 12.1 Å². The number of benzene rings is 1. The summed E-state index contributed by atoms with van der Waals surface area (Å²) in [4.78, 5) is 14.4. The van der Waals surface area contributed by atoms with Gasteiger partial charge in [0.05, 0.1) is 37.5 Å². The Kier molecular flexibility index (Phi) is 5.67. The van der Waals surface area contributed by atoms with Crippen LogP contribution in [-0.4, -0.2) is 66.4 Å². The van der Waals surface area contributed by atoms with Crippen molar-refractivity contribution in [2.75, 3.05) is 50.2 Å². The first-order valence-corrected chi connectivity index (χ1v) is 11.4. The van der Waals surface area contributed by atoms with Gasteiger partial charge in [0.1, 0.15) is 5.75 Å². The predicted molar refractivity (Wildman–Crippen MR) is 123 cm³/mol. The molecule has 0 atom stereocenters. The fourth-order valence-corrected chi connectivity index (χ4v) is 4.83. The summed E-state index contributed by atoms with van der Waals surface area (Å²) in [6.45, 7) is 7.85. The minimum absolute atomic E-state index is 0.366.